The fourth-order valence-corrected chi connectivity index (χ4v) is 3.91. The highest BCUT2D eigenvalue weighted by Crippen LogP contribution is 2.40. The van der Waals surface area contributed by atoms with E-state index in [1.807, 2.05) is 6.07 Å². The highest BCUT2D eigenvalue weighted by Gasteiger charge is 2.12. The van der Waals surface area contributed by atoms with Crippen molar-refractivity contribution in [2.24, 2.45) is 0 Å². The number of hydrogen-bond donors (Lipinski definition) is 2. The van der Waals surface area contributed by atoms with E-state index < -0.39 is 0 Å². The van der Waals surface area contributed by atoms with Crippen molar-refractivity contribution in [1.82, 2.24) is 4.98 Å². The number of hydrogen-bond acceptors (Lipinski definition) is 4. The molecule has 0 atom stereocenters. The molecule has 0 spiro atoms. The first-order valence-corrected chi connectivity index (χ1v) is 7.48. The Hall–Kier alpha value is -2.59. The molecule has 0 radical (unpaired) electrons. The fourth-order valence-electron chi connectivity index (χ4n) is 2.68. The number of benzene rings is 2. The monoisotopic (exact) mass is 291 g/mol. The smallest absolute Gasteiger partial charge is 0.133 e. The van der Waals surface area contributed by atoms with Gasteiger partial charge in [-0.2, -0.15) is 0 Å². The fraction of sp³-hybridized carbons (Fsp3) is 0. The molecule has 102 valence electrons. The van der Waals surface area contributed by atoms with Crippen molar-refractivity contribution in [2.75, 3.05) is 11.5 Å². The molecule has 0 aliphatic heterocycles. The van der Waals surface area contributed by atoms with E-state index in [4.69, 9.17) is 11.5 Å². The van der Waals surface area contributed by atoms with Crippen LogP contribution in [0.15, 0.2) is 54.6 Å². The number of rotatable bonds is 1. The van der Waals surface area contributed by atoms with E-state index in [-0.39, 0.29) is 0 Å². The third kappa shape index (κ3) is 1.84. The van der Waals surface area contributed by atoms with Crippen molar-refractivity contribution in [3.63, 3.8) is 0 Å². The Balaban J connectivity index is 2.09. The van der Waals surface area contributed by atoms with Crippen molar-refractivity contribution >= 4 is 43.1 Å². The van der Waals surface area contributed by atoms with E-state index in [0.717, 1.165) is 11.1 Å². The van der Waals surface area contributed by atoms with Crippen molar-refractivity contribution < 1.29 is 0 Å². The Morgan fingerprint density at radius 2 is 1.57 bits per heavy atom. The van der Waals surface area contributed by atoms with E-state index in [2.05, 4.69) is 47.4 Å². The molecule has 4 heteroatoms. The van der Waals surface area contributed by atoms with Crippen LogP contribution in [-0.4, -0.2) is 4.98 Å². The minimum Gasteiger partial charge on any atom is -0.384 e. The molecule has 0 amide bonds. The highest BCUT2D eigenvalue weighted by molar-refractivity contribution is 7.26. The van der Waals surface area contributed by atoms with Crippen LogP contribution in [0.1, 0.15) is 0 Å². The SMILES string of the molecule is Nc1ccc(-c2cccc3c2sc2ccccc23)c(N)n1. The van der Waals surface area contributed by atoms with Crippen molar-refractivity contribution in [1.29, 1.82) is 0 Å². The van der Waals surface area contributed by atoms with Gasteiger partial charge in [0.05, 0.1) is 0 Å². The van der Waals surface area contributed by atoms with Crippen LogP contribution < -0.4 is 11.5 Å². The molecule has 0 bridgehead atoms. The summed E-state index contributed by atoms with van der Waals surface area (Å²) in [6, 6.07) is 18.5. The summed E-state index contributed by atoms with van der Waals surface area (Å²) in [5, 5.41) is 2.53. The van der Waals surface area contributed by atoms with Gasteiger partial charge in [-0.05, 0) is 18.2 Å². The van der Waals surface area contributed by atoms with Crippen molar-refractivity contribution in [3.8, 4) is 11.1 Å². The number of aromatic nitrogens is 1. The minimum absolute atomic E-state index is 0.444. The van der Waals surface area contributed by atoms with Gasteiger partial charge in [-0.25, -0.2) is 4.98 Å². The molecule has 0 aliphatic carbocycles. The van der Waals surface area contributed by atoms with Crippen LogP contribution in [-0.2, 0) is 0 Å². The molecular formula is C17H13N3S. The second kappa shape index (κ2) is 4.46. The van der Waals surface area contributed by atoms with Gasteiger partial charge in [0.1, 0.15) is 11.6 Å². The van der Waals surface area contributed by atoms with Gasteiger partial charge < -0.3 is 11.5 Å². The minimum atomic E-state index is 0.444. The molecule has 4 N–H and O–H groups in total. The first-order chi connectivity index (χ1) is 10.2. The van der Waals surface area contributed by atoms with Gasteiger partial charge in [0, 0.05) is 31.3 Å². The summed E-state index contributed by atoms with van der Waals surface area (Å²) >= 11 is 1.78. The van der Waals surface area contributed by atoms with Crippen LogP contribution in [0.4, 0.5) is 11.6 Å². The van der Waals surface area contributed by atoms with Gasteiger partial charge in [0.25, 0.3) is 0 Å². The topological polar surface area (TPSA) is 64.9 Å². The van der Waals surface area contributed by atoms with E-state index in [9.17, 15) is 0 Å². The number of nitrogens with zero attached hydrogens (tertiary/aromatic N) is 1. The molecule has 0 saturated carbocycles. The van der Waals surface area contributed by atoms with Crippen LogP contribution in [0.3, 0.4) is 0 Å². The predicted molar refractivity (Wildman–Crippen MR) is 91.4 cm³/mol. The summed E-state index contributed by atoms with van der Waals surface area (Å²) in [6.45, 7) is 0. The average molecular weight is 291 g/mol. The zero-order valence-electron chi connectivity index (χ0n) is 11.2. The first kappa shape index (κ1) is 12.2. The van der Waals surface area contributed by atoms with Gasteiger partial charge in [0.15, 0.2) is 0 Å². The number of pyridine rings is 1. The molecule has 4 rings (SSSR count). The van der Waals surface area contributed by atoms with E-state index in [0.29, 0.717) is 11.6 Å². The maximum absolute atomic E-state index is 6.05. The summed E-state index contributed by atoms with van der Waals surface area (Å²) in [4.78, 5) is 4.17. The van der Waals surface area contributed by atoms with E-state index in [1.54, 1.807) is 17.4 Å². The summed E-state index contributed by atoms with van der Waals surface area (Å²) in [5.74, 6) is 0.916. The van der Waals surface area contributed by atoms with Crippen LogP contribution in [0.5, 0.6) is 0 Å². The normalized spacial score (nSPS) is 11.2. The Morgan fingerprint density at radius 3 is 2.43 bits per heavy atom. The Morgan fingerprint density at radius 1 is 0.762 bits per heavy atom. The van der Waals surface area contributed by atoms with Crippen LogP contribution >= 0.6 is 11.3 Å². The molecule has 4 aromatic rings. The van der Waals surface area contributed by atoms with E-state index in [1.165, 1.54) is 20.2 Å². The Labute approximate surface area is 125 Å². The molecule has 0 fully saturated rings. The standard InChI is InChI=1S/C17H13N3S/c18-15-9-8-13(17(19)20-15)12-6-3-5-11-10-4-1-2-7-14(10)21-16(11)12/h1-9H,(H4,18,19,20). The lowest BCUT2D eigenvalue weighted by molar-refractivity contribution is 1.35. The maximum Gasteiger partial charge on any atom is 0.133 e. The Kier molecular flexibility index (Phi) is 2.59. The Bertz CT molecular complexity index is 972. The third-order valence-corrected chi connectivity index (χ3v) is 4.86. The number of nitrogen functional groups attached to an aromatic ring is 2. The number of anilines is 2. The molecule has 2 aromatic carbocycles. The molecule has 2 aromatic heterocycles. The molecule has 21 heavy (non-hydrogen) atoms. The summed E-state index contributed by atoms with van der Waals surface area (Å²) in [6.07, 6.45) is 0. The third-order valence-electron chi connectivity index (χ3n) is 3.64. The van der Waals surface area contributed by atoms with Crippen LogP contribution in [0.2, 0.25) is 0 Å². The quantitative estimate of drug-likeness (QED) is 0.550. The van der Waals surface area contributed by atoms with Crippen LogP contribution in [0.25, 0.3) is 31.3 Å². The number of fused-ring (bicyclic) bond motifs is 3. The second-order valence-electron chi connectivity index (χ2n) is 4.95. The molecule has 0 saturated heterocycles. The largest absolute Gasteiger partial charge is 0.384 e. The number of nitrogens with two attached hydrogens (primary N) is 2. The first-order valence-electron chi connectivity index (χ1n) is 6.66. The van der Waals surface area contributed by atoms with Crippen molar-refractivity contribution in [3.05, 3.63) is 54.6 Å². The van der Waals surface area contributed by atoms with E-state index >= 15 is 0 Å². The lowest BCUT2D eigenvalue weighted by Gasteiger charge is -2.07. The zero-order chi connectivity index (χ0) is 14.4. The second-order valence-corrected chi connectivity index (χ2v) is 6.00. The summed E-state index contributed by atoms with van der Waals surface area (Å²) in [7, 11) is 0. The lowest BCUT2D eigenvalue weighted by atomic mass is 10.0. The lowest BCUT2D eigenvalue weighted by Crippen LogP contribution is -1.98. The average Bonchev–Trinajstić information content (AvgIpc) is 2.86. The number of thiophene rings is 1. The van der Waals surface area contributed by atoms with Gasteiger partial charge >= 0.3 is 0 Å². The summed E-state index contributed by atoms with van der Waals surface area (Å²) < 4.78 is 2.51. The van der Waals surface area contributed by atoms with Crippen molar-refractivity contribution in [2.45, 2.75) is 0 Å². The maximum atomic E-state index is 6.05. The van der Waals surface area contributed by atoms with Gasteiger partial charge in [-0.3, -0.25) is 0 Å². The molecule has 0 unspecified atom stereocenters. The molecule has 2 heterocycles. The molecular weight excluding hydrogens is 278 g/mol. The van der Waals surface area contributed by atoms with Gasteiger partial charge in [0.2, 0.25) is 0 Å². The zero-order valence-corrected chi connectivity index (χ0v) is 12.0. The molecule has 0 aliphatic rings. The van der Waals surface area contributed by atoms with Gasteiger partial charge in [-0.1, -0.05) is 36.4 Å². The predicted octanol–water partition coefficient (Wildman–Crippen LogP) is 4.28. The highest BCUT2D eigenvalue weighted by atomic mass is 32.1. The molecule has 3 nitrogen and oxygen atoms in total. The van der Waals surface area contributed by atoms with Gasteiger partial charge in [-0.15, -0.1) is 11.3 Å². The summed E-state index contributed by atoms with van der Waals surface area (Å²) in [5.41, 5.74) is 13.8. The van der Waals surface area contributed by atoms with Crippen LogP contribution in [0, 0.1) is 0 Å².